The molecule has 0 amide bonds. The third kappa shape index (κ3) is 3.14. The third-order valence-corrected chi connectivity index (χ3v) is 4.39. The maximum atomic E-state index is 4.61. The summed E-state index contributed by atoms with van der Waals surface area (Å²) in [5.74, 6) is 1.12. The number of pyridine rings is 1. The van der Waals surface area contributed by atoms with Gasteiger partial charge in [0.25, 0.3) is 0 Å². The maximum Gasteiger partial charge on any atom is 0.128 e. The molecule has 100 valence electrons. The zero-order valence-corrected chi connectivity index (χ0v) is 12.1. The molecule has 0 spiro atoms. The van der Waals surface area contributed by atoms with E-state index < -0.39 is 0 Å². The first kappa shape index (κ1) is 12.6. The molecule has 2 aromatic heterocycles. The highest BCUT2D eigenvalue weighted by atomic mass is 32.1. The Kier molecular flexibility index (Phi) is 3.80. The summed E-state index contributed by atoms with van der Waals surface area (Å²) < 4.78 is 0. The van der Waals surface area contributed by atoms with Crippen molar-refractivity contribution < 1.29 is 0 Å². The molecular formula is C15H19N3S. The van der Waals surface area contributed by atoms with Gasteiger partial charge in [-0.05, 0) is 30.5 Å². The Morgan fingerprint density at radius 1 is 1.11 bits per heavy atom. The molecule has 0 bridgehead atoms. The molecule has 2 aromatic rings. The number of aryl methyl sites for hydroxylation is 1. The zero-order chi connectivity index (χ0) is 13.1. The molecule has 1 fully saturated rings. The van der Waals surface area contributed by atoms with Crippen molar-refractivity contribution in [2.45, 2.75) is 13.5 Å². The second-order valence-corrected chi connectivity index (χ2v) is 6.01. The summed E-state index contributed by atoms with van der Waals surface area (Å²) in [6.45, 7) is 7.52. The van der Waals surface area contributed by atoms with Gasteiger partial charge in [-0.2, -0.15) is 0 Å². The minimum atomic E-state index is 1.07. The molecule has 1 saturated heterocycles. The average Bonchev–Trinajstić information content (AvgIpc) is 2.92. The van der Waals surface area contributed by atoms with Gasteiger partial charge in [-0.15, -0.1) is 11.3 Å². The smallest absolute Gasteiger partial charge is 0.128 e. The molecule has 1 aliphatic rings. The van der Waals surface area contributed by atoms with Gasteiger partial charge < -0.3 is 4.90 Å². The van der Waals surface area contributed by atoms with Crippen LogP contribution in [0.15, 0.2) is 35.7 Å². The van der Waals surface area contributed by atoms with Crippen molar-refractivity contribution in [3.63, 3.8) is 0 Å². The molecule has 3 rings (SSSR count). The highest BCUT2D eigenvalue weighted by Crippen LogP contribution is 2.17. The van der Waals surface area contributed by atoms with Crippen molar-refractivity contribution in [2.24, 2.45) is 0 Å². The lowest BCUT2D eigenvalue weighted by Gasteiger charge is -2.35. The predicted molar refractivity (Wildman–Crippen MR) is 80.8 cm³/mol. The van der Waals surface area contributed by atoms with Crippen molar-refractivity contribution in [2.75, 3.05) is 31.1 Å². The molecule has 3 heterocycles. The standard InChI is InChI=1S/C15H19N3S/c1-13-4-2-6-15(16-13)18-9-7-17(8-10-18)12-14-5-3-11-19-14/h2-6,11H,7-10,12H2,1H3. The molecule has 0 aromatic carbocycles. The number of hydrogen-bond acceptors (Lipinski definition) is 4. The predicted octanol–water partition coefficient (Wildman–Crippen LogP) is 2.77. The number of aromatic nitrogens is 1. The van der Waals surface area contributed by atoms with Crippen LogP contribution in [0.5, 0.6) is 0 Å². The Hall–Kier alpha value is -1.39. The van der Waals surface area contributed by atoms with E-state index in [4.69, 9.17) is 0 Å². The highest BCUT2D eigenvalue weighted by Gasteiger charge is 2.18. The van der Waals surface area contributed by atoms with E-state index >= 15 is 0 Å². The van der Waals surface area contributed by atoms with Crippen LogP contribution >= 0.6 is 11.3 Å². The summed E-state index contributed by atoms with van der Waals surface area (Å²) in [6, 6.07) is 10.6. The fourth-order valence-electron chi connectivity index (χ4n) is 2.46. The van der Waals surface area contributed by atoms with Gasteiger partial charge in [0.2, 0.25) is 0 Å². The molecule has 0 saturated carbocycles. The van der Waals surface area contributed by atoms with Gasteiger partial charge in [-0.25, -0.2) is 4.98 Å². The summed E-state index contributed by atoms with van der Waals surface area (Å²) in [7, 11) is 0. The molecule has 4 heteroatoms. The SMILES string of the molecule is Cc1cccc(N2CCN(Cc3cccs3)CC2)n1. The van der Waals surface area contributed by atoms with Crippen LogP contribution in [0.3, 0.4) is 0 Å². The van der Waals surface area contributed by atoms with E-state index in [0.29, 0.717) is 0 Å². The van der Waals surface area contributed by atoms with Crippen molar-refractivity contribution in [1.29, 1.82) is 0 Å². The minimum absolute atomic E-state index is 1.07. The molecular weight excluding hydrogens is 254 g/mol. The van der Waals surface area contributed by atoms with E-state index in [2.05, 4.69) is 57.4 Å². The van der Waals surface area contributed by atoms with E-state index in [1.54, 1.807) is 0 Å². The average molecular weight is 273 g/mol. The Morgan fingerprint density at radius 3 is 2.63 bits per heavy atom. The van der Waals surface area contributed by atoms with Crippen LogP contribution in [0.2, 0.25) is 0 Å². The fraction of sp³-hybridized carbons (Fsp3) is 0.400. The van der Waals surface area contributed by atoms with Crippen LogP contribution in [0.4, 0.5) is 5.82 Å². The molecule has 0 radical (unpaired) electrons. The number of rotatable bonds is 3. The maximum absolute atomic E-state index is 4.61. The first-order chi connectivity index (χ1) is 9.31. The summed E-state index contributed by atoms with van der Waals surface area (Å²) in [5.41, 5.74) is 1.10. The first-order valence-corrected chi connectivity index (χ1v) is 7.62. The van der Waals surface area contributed by atoms with Gasteiger partial charge in [-0.1, -0.05) is 12.1 Å². The van der Waals surface area contributed by atoms with E-state index in [9.17, 15) is 0 Å². The Bertz CT molecular complexity index is 516. The number of piperazine rings is 1. The largest absolute Gasteiger partial charge is 0.354 e. The second kappa shape index (κ2) is 5.72. The topological polar surface area (TPSA) is 19.4 Å². The Labute approximate surface area is 118 Å². The quantitative estimate of drug-likeness (QED) is 0.857. The van der Waals surface area contributed by atoms with Gasteiger partial charge >= 0.3 is 0 Å². The van der Waals surface area contributed by atoms with E-state index in [0.717, 1.165) is 44.2 Å². The molecule has 1 aliphatic heterocycles. The lowest BCUT2D eigenvalue weighted by molar-refractivity contribution is 0.251. The van der Waals surface area contributed by atoms with E-state index in [-0.39, 0.29) is 0 Å². The number of thiophene rings is 1. The summed E-state index contributed by atoms with van der Waals surface area (Å²) >= 11 is 1.85. The van der Waals surface area contributed by atoms with E-state index in [1.165, 1.54) is 4.88 Å². The third-order valence-electron chi connectivity index (χ3n) is 3.53. The van der Waals surface area contributed by atoms with Crippen LogP contribution in [-0.4, -0.2) is 36.1 Å². The molecule has 0 unspecified atom stereocenters. The van der Waals surface area contributed by atoms with Crippen LogP contribution in [-0.2, 0) is 6.54 Å². The first-order valence-electron chi connectivity index (χ1n) is 6.74. The Morgan fingerprint density at radius 2 is 1.95 bits per heavy atom. The number of anilines is 1. The molecule has 19 heavy (non-hydrogen) atoms. The summed E-state index contributed by atoms with van der Waals surface area (Å²) in [5, 5.41) is 2.16. The number of hydrogen-bond donors (Lipinski definition) is 0. The second-order valence-electron chi connectivity index (χ2n) is 4.98. The van der Waals surface area contributed by atoms with E-state index in [1.807, 2.05) is 11.3 Å². The Balaban J connectivity index is 1.57. The molecule has 0 N–H and O–H groups in total. The van der Waals surface area contributed by atoms with Gasteiger partial charge in [0.1, 0.15) is 5.82 Å². The van der Waals surface area contributed by atoms with Crippen molar-refractivity contribution in [1.82, 2.24) is 9.88 Å². The number of nitrogens with zero attached hydrogens (tertiary/aromatic N) is 3. The normalized spacial score (nSPS) is 16.8. The van der Waals surface area contributed by atoms with Crippen LogP contribution in [0, 0.1) is 6.92 Å². The van der Waals surface area contributed by atoms with Gasteiger partial charge in [0, 0.05) is 43.3 Å². The van der Waals surface area contributed by atoms with Crippen LogP contribution < -0.4 is 4.90 Å². The van der Waals surface area contributed by atoms with Gasteiger partial charge in [0.15, 0.2) is 0 Å². The van der Waals surface area contributed by atoms with Crippen molar-refractivity contribution in [3.8, 4) is 0 Å². The molecule has 0 atom stereocenters. The minimum Gasteiger partial charge on any atom is -0.354 e. The molecule has 0 aliphatic carbocycles. The van der Waals surface area contributed by atoms with Crippen LogP contribution in [0.1, 0.15) is 10.6 Å². The fourth-order valence-corrected chi connectivity index (χ4v) is 3.21. The molecule has 3 nitrogen and oxygen atoms in total. The summed E-state index contributed by atoms with van der Waals surface area (Å²) in [6.07, 6.45) is 0. The van der Waals surface area contributed by atoms with Crippen molar-refractivity contribution in [3.05, 3.63) is 46.3 Å². The lowest BCUT2D eigenvalue weighted by Crippen LogP contribution is -2.46. The monoisotopic (exact) mass is 273 g/mol. The zero-order valence-electron chi connectivity index (χ0n) is 11.2. The highest BCUT2D eigenvalue weighted by molar-refractivity contribution is 7.09. The van der Waals surface area contributed by atoms with Gasteiger partial charge in [-0.3, -0.25) is 4.90 Å². The lowest BCUT2D eigenvalue weighted by atomic mass is 10.3. The summed E-state index contributed by atoms with van der Waals surface area (Å²) in [4.78, 5) is 11.0. The van der Waals surface area contributed by atoms with Gasteiger partial charge in [0.05, 0.1) is 0 Å². The van der Waals surface area contributed by atoms with Crippen molar-refractivity contribution >= 4 is 17.2 Å². The van der Waals surface area contributed by atoms with Crippen LogP contribution in [0.25, 0.3) is 0 Å².